The molecule has 0 atom stereocenters. The van der Waals surface area contributed by atoms with Crippen LogP contribution in [-0.4, -0.2) is 36.5 Å². The van der Waals surface area contributed by atoms with Crippen LogP contribution in [0.25, 0.3) is 10.8 Å². The molecule has 24 heavy (non-hydrogen) atoms. The van der Waals surface area contributed by atoms with Gasteiger partial charge in [0.25, 0.3) is 20.2 Å². The predicted octanol–water partition coefficient (Wildman–Crippen LogP) is -5.15. The standard InChI is InChI=1S/C10H7NO8S2.2Na.H2O.2H/c12-10-8(21(17,18)19)4-5-3-6(20(14,15)16)1-2-7(5)9(10)11-13;;;;;/h1-4,12H,(H,14,15,16)(H,17,18,19);;;1H2;;/q;2*+1;;2*-1. The van der Waals surface area contributed by atoms with Crippen LogP contribution in [-0.2, 0) is 20.2 Å². The molecule has 0 amide bonds. The van der Waals surface area contributed by atoms with Gasteiger partial charge in [-0.05, 0) is 28.8 Å². The fourth-order valence-corrected chi connectivity index (χ4v) is 2.91. The summed E-state index contributed by atoms with van der Waals surface area (Å²) in [5, 5.41) is 11.9. The second-order valence-electron chi connectivity index (χ2n) is 4.00. The van der Waals surface area contributed by atoms with Crippen molar-refractivity contribution in [1.29, 1.82) is 0 Å². The van der Waals surface area contributed by atoms with Gasteiger partial charge in [-0.2, -0.15) is 16.8 Å². The van der Waals surface area contributed by atoms with E-state index in [0.29, 0.717) is 0 Å². The van der Waals surface area contributed by atoms with Crippen molar-refractivity contribution in [2.45, 2.75) is 9.79 Å². The number of phenols is 1. The summed E-state index contributed by atoms with van der Waals surface area (Å²) in [7, 11) is -9.42. The molecular weight excluding hydrogens is 388 g/mol. The van der Waals surface area contributed by atoms with Crippen LogP contribution >= 0.6 is 0 Å². The van der Waals surface area contributed by atoms with E-state index in [4.69, 9.17) is 9.11 Å². The van der Waals surface area contributed by atoms with Crippen molar-refractivity contribution in [1.82, 2.24) is 0 Å². The first-order valence-corrected chi connectivity index (χ1v) is 8.02. The maximum Gasteiger partial charge on any atom is 1.00 e. The number of benzene rings is 2. The van der Waals surface area contributed by atoms with Gasteiger partial charge in [0.2, 0.25) is 0 Å². The van der Waals surface area contributed by atoms with E-state index in [2.05, 4.69) is 5.18 Å². The number of fused-ring (bicyclic) bond motifs is 1. The number of nitroso groups, excluding NO2 is 1. The van der Waals surface area contributed by atoms with Gasteiger partial charge in [-0.1, -0.05) is 6.07 Å². The fourth-order valence-electron chi connectivity index (χ4n) is 1.78. The van der Waals surface area contributed by atoms with Crippen LogP contribution < -0.4 is 59.1 Å². The smallest absolute Gasteiger partial charge is 1.00 e. The number of rotatable bonds is 3. The Morgan fingerprint density at radius 2 is 1.50 bits per heavy atom. The Morgan fingerprint density at radius 1 is 0.958 bits per heavy atom. The van der Waals surface area contributed by atoms with E-state index in [1.807, 2.05) is 0 Å². The van der Waals surface area contributed by atoms with Crippen LogP contribution in [0.15, 0.2) is 39.2 Å². The molecule has 5 N–H and O–H groups in total. The minimum atomic E-state index is -4.87. The molecule has 0 spiro atoms. The third kappa shape index (κ3) is 5.19. The molecule has 14 heteroatoms. The molecule has 0 fully saturated rings. The van der Waals surface area contributed by atoms with Crippen molar-refractivity contribution >= 4 is 36.7 Å². The number of phenolic OH excluding ortho intramolecular Hbond substituents is 1. The SMILES string of the molecule is O.O=Nc1c(O)c(S(=O)(=O)O)cc2cc(S(=O)(=O)O)ccc12.[H-].[H-].[Na+].[Na+]. The zero-order valence-electron chi connectivity index (χ0n) is 14.5. The summed E-state index contributed by atoms with van der Waals surface area (Å²) in [5.74, 6) is -1.06. The molecule has 0 aliphatic heterocycles. The van der Waals surface area contributed by atoms with Crippen LogP contribution in [0, 0.1) is 4.91 Å². The third-order valence-electron chi connectivity index (χ3n) is 2.69. The summed E-state index contributed by atoms with van der Waals surface area (Å²) in [6.45, 7) is 0. The molecule has 0 bridgehead atoms. The van der Waals surface area contributed by atoms with Gasteiger partial charge in [0.05, 0.1) is 4.90 Å². The molecule has 0 heterocycles. The largest absolute Gasteiger partial charge is 1.00 e. The van der Waals surface area contributed by atoms with E-state index >= 15 is 0 Å². The van der Waals surface area contributed by atoms with Gasteiger partial charge < -0.3 is 13.4 Å². The van der Waals surface area contributed by atoms with E-state index in [9.17, 15) is 26.8 Å². The fraction of sp³-hybridized carbons (Fsp3) is 0. The van der Waals surface area contributed by atoms with E-state index in [0.717, 1.165) is 24.3 Å². The summed E-state index contributed by atoms with van der Waals surface area (Å²) in [6, 6.07) is 3.62. The minimum absolute atomic E-state index is 0. The predicted molar refractivity (Wildman–Crippen MR) is 76.5 cm³/mol. The van der Waals surface area contributed by atoms with Crippen molar-refractivity contribution in [3.8, 4) is 5.75 Å². The maximum atomic E-state index is 11.1. The first kappa shape index (κ1) is 26.1. The number of aromatic hydroxyl groups is 1. The molecule has 124 valence electrons. The Hall–Kier alpha value is -0.120. The molecule has 10 nitrogen and oxygen atoms in total. The van der Waals surface area contributed by atoms with Crippen molar-refractivity contribution in [2.75, 3.05) is 0 Å². The first-order valence-electron chi connectivity index (χ1n) is 5.14. The Balaban J connectivity index is -0.000000484. The van der Waals surface area contributed by atoms with Crippen LogP contribution in [0.1, 0.15) is 2.85 Å². The van der Waals surface area contributed by atoms with E-state index < -0.39 is 41.5 Å². The van der Waals surface area contributed by atoms with Crippen LogP contribution in [0.3, 0.4) is 0 Å². The summed E-state index contributed by atoms with van der Waals surface area (Å²) < 4.78 is 62.2. The summed E-state index contributed by atoms with van der Waals surface area (Å²) >= 11 is 0. The molecule has 0 radical (unpaired) electrons. The molecular formula is C10H11NNa2O9S2. The minimum Gasteiger partial charge on any atom is -1.00 e. The molecule has 2 aromatic carbocycles. The van der Waals surface area contributed by atoms with Crippen molar-refractivity contribution in [3.05, 3.63) is 29.2 Å². The second kappa shape index (κ2) is 9.00. The van der Waals surface area contributed by atoms with Crippen molar-refractivity contribution in [3.63, 3.8) is 0 Å². The number of hydrogen-bond donors (Lipinski definition) is 3. The Kier molecular flexibility index (Phi) is 9.80. The van der Waals surface area contributed by atoms with Gasteiger partial charge >= 0.3 is 59.1 Å². The first-order chi connectivity index (χ1) is 9.55. The summed E-state index contributed by atoms with van der Waals surface area (Å²) in [4.78, 5) is 9.19. The molecule has 2 aromatic rings. The van der Waals surface area contributed by atoms with Gasteiger partial charge in [0.1, 0.15) is 4.90 Å². The second-order valence-corrected chi connectivity index (χ2v) is 6.81. The zero-order valence-corrected chi connectivity index (χ0v) is 18.1. The molecule has 0 aliphatic carbocycles. The summed E-state index contributed by atoms with van der Waals surface area (Å²) in [6.07, 6.45) is 0. The van der Waals surface area contributed by atoms with E-state index in [1.54, 1.807) is 0 Å². The van der Waals surface area contributed by atoms with Gasteiger partial charge in [-0.3, -0.25) is 9.11 Å². The Morgan fingerprint density at radius 3 is 1.92 bits per heavy atom. The molecule has 2 rings (SSSR count). The zero-order chi connectivity index (χ0) is 16.0. The van der Waals surface area contributed by atoms with E-state index in [1.165, 1.54) is 0 Å². The quantitative estimate of drug-likeness (QED) is 0.259. The molecule has 0 unspecified atom stereocenters. The molecule has 0 aliphatic rings. The monoisotopic (exact) mass is 399 g/mol. The van der Waals surface area contributed by atoms with Gasteiger partial charge in [-0.15, -0.1) is 4.91 Å². The van der Waals surface area contributed by atoms with Gasteiger partial charge in [0, 0.05) is 5.39 Å². The number of hydrogen-bond acceptors (Lipinski definition) is 7. The molecule has 0 saturated carbocycles. The normalized spacial score (nSPS) is 10.9. The molecule has 0 saturated heterocycles. The Labute approximate surface area is 183 Å². The van der Waals surface area contributed by atoms with Crippen molar-refractivity contribution in [2.24, 2.45) is 5.18 Å². The van der Waals surface area contributed by atoms with Gasteiger partial charge in [-0.25, -0.2) is 0 Å². The summed E-state index contributed by atoms with van der Waals surface area (Å²) in [5.41, 5.74) is -0.679. The number of nitrogens with zero attached hydrogens (tertiary/aromatic N) is 1. The van der Waals surface area contributed by atoms with Crippen LogP contribution in [0.2, 0.25) is 0 Å². The third-order valence-corrected chi connectivity index (χ3v) is 4.41. The Bertz CT molecular complexity index is 984. The van der Waals surface area contributed by atoms with E-state index in [-0.39, 0.29) is 78.2 Å². The van der Waals surface area contributed by atoms with Crippen LogP contribution in [0.5, 0.6) is 5.75 Å². The average molecular weight is 399 g/mol. The van der Waals surface area contributed by atoms with Crippen molar-refractivity contribution < 1.29 is 98.5 Å². The van der Waals surface area contributed by atoms with Gasteiger partial charge in [0.15, 0.2) is 11.4 Å². The topological polar surface area (TPSA) is 190 Å². The average Bonchev–Trinajstić information content (AvgIpc) is 2.35. The van der Waals surface area contributed by atoms with Crippen LogP contribution in [0.4, 0.5) is 5.69 Å². The maximum absolute atomic E-state index is 11.1. The molecule has 0 aromatic heterocycles.